The van der Waals surface area contributed by atoms with E-state index in [1.165, 1.54) is 30.2 Å². The molecule has 1 aliphatic rings. The van der Waals surface area contributed by atoms with Crippen LogP contribution in [0, 0.1) is 0 Å². The Hall–Kier alpha value is -3.19. The number of carbonyl (C=O) groups excluding carboxylic acids is 2. The molecule has 0 aromatic heterocycles. The number of amides is 1. The first-order valence-corrected chi connectivity index (χ1v) is 11.7. The molecule has 1 fully saturated rings. The van der Waals surface area contributed by atoms with E-state index in [0.717, 1.165) is 0 Å². The van der Waals surface area contributed by atoms with Gasteiger partial charge in [0.05, 0.1) is 35.4 Å². The van der Waals surface area contributed by atoms with Crippen LogP contribution < -0.4 is 14.4 Å². The normalized spacial score (nSPS) is 17.1. The second kappa shape index (κ2) is 10.2. The summed E-state index contributed by atoms with van der Waals surface area (Å²) < 4.78 is 11.1. The Morgan fingerprint density at radius 2 is 1.66 bits per heavy atom. The van der Waals surface area contributed by atoms with Crippen molar-refractivity contribution in [1.29, 1.82) is 0 Å². The zero-order valence-corrected chi connectivity index (χ0v) is 21.0. The van der Waals surface area contributed by atoms with Gasteiger partial charge >= 0.3 is 0 Å². The third-order valence-corrected chi connectivity index (χ3v) is 6.54. The maximum atomic E-state index is 13.3. The SMILES string of the molecule is CCOc1cc(C2/C(=C(/O)c3ccc(Cl)c(Cl)c3)C(=O)C(=O)N2c2ccc(Cl)cc2)ccc1OC. The molecule has 1 saturated heterocycles. The molecule has 1 unspecified atom stereocenters. The summed E-state index contributed by atoms with van der Waals surface area (Å²) in [5, 5.41) is 12.2. The van der Waals surface area contributed by atoms with Crippen LogP contribution in [0.15, 0.2) is 66.2 Å². The maximum absolute atomic E-state index is 13.3. The van der Waals surface area contributed by atoms with E-state index in [2.05, 4.69) is 0 Å². The van der Waals surface area contributed by atoms with Crippen LogP contribution in [0.3, 0.4) is 0 Å². The zero-order chi connectivity index (χ0) is 25.3. The van der Waals surface area contributed by atoms with Gasteiger partial charge in [-0.2, -0.15) is 0 Å². The molecule has 0 radical (unpaired) electrons. The largest absolute Gasteiger partial charge is 0.507 e. The quantitative estimate of drug-likeness (QED) is 0.218. The molecule has 3 aromatic rings. The summed E-state index contributed by atoms with van der Waals surface area (Å²) >= 11 is 18.2. The number of carbonyl (C=O) groups is 2. The van der Waals surface area contributed by atoms with Crippen molar-refractivity contribution in [1.82, 2.24) is 0 Å². The van der Waals surface area contributed by atoms with Crippen LogP contribution in [-0.4, -0.2) is 30.5 Å². The molecule has 1 atom stereocenters. The van der Waals surface area contributed by atoms with E-state index in [1.54, 1.807) is 42.5 Å². The summed E-state index contributed by atoms with van der Waals surface area (Å²) in [7, 11) is 1.52. The van der Waals surface area contributed by atoms with Gasteiger partial charge in [0.25, 0.3) is 11.7 Å². The first kappa shape index (κ1) is 24.9. The molecule has 0 bridgehead atoms. The Morgan fingerprint density at radius 3 is 2.29 bits per heavy atom. The molecule has 3 aromatic carbocycles. The smallest absolute Gasteiger partial charge is 0.300 e. The molecule has 1 heterocycles. The highest BCUT2D eigenvalue weighted by molar-refractivity contribution is 6.52. The van der Waals surface area contributed by atoms with Gasteiger partial charge in [0.15, 0.2) is 11.5 Å². The maximum Gasteiger partial charge on any atom is 0.300 e. The molecule has 35 heavy (non-hydrogen) atoms. The number of aliphatic hydroxyl groups is 1. The van der Waals surface area contributed by atoms with Crippen LogP contribution in [0.2, 0.25) is 15.1 Å². The summed E-state index contributed by atoms with van der Waals surface area (Å²) in [6, 6.07) is 15.1. The average Bonchev–Trinajstić information content (AvgIpc) is 3.11. The van der Waals surface area contributed by atoms with E-state index in [-0.39, 0.29) is 26.9 Å². The Balaban J connectivity index is 1.96. The third-order valence-electron chi connectivity index (χ3n) is 5.55. The number of rotatable bonds is 6. The van der Waals surface area contributed by atoms with Crippen molar-refractivity contribution in [3.05, 3.63) is 92.4 Å². The van der Waals surface area contributed by atoms with Gasteiger partial charge in [-0.25, -0.2) is 0 Å². The highest BCUT2D eigenvalue weighted by atomic mass is 35.5. The summed E-state index contributed by atoms with van der Waals surface area (Å²) in [5.74, 6) is -1.10. The molecular weight excluding hydrogens is 513 g/mol. The number of hydrogen-bond donors (Lipinski definition) is 1. The molecule has 1 amide bonds. The van der Waals surface area contributed by atoms with E-state index < -0.39 is 17.7 Å². The first-order valence-electron chi connectivity index (χ1n) is 10.6. The highest BCUT2D eigenvalue weighted by Crippen LogP contribution is 2.44. The van der Waals surface area contributed by atoms with Crippen LogP contribution in [0.1, 0.15) is 24.1 Å². The summed E-state index contributed by atoms with van der Waals surface area (Å²) in [4.78, 5) is 27.9. The lowest BCUT2D eigenvalue weighted by Gasteiger charge is -2.26. The van der Waals surface area contributed by atoms with Crippen LogP contribution in [0.25, 0.3) is 5.76 Å². The Kier molecular flexibility index (Phi) is 7.26. The van der Waals surface area contributed by atoms with Crippen molar-refractivity contribution in [2.75, 3.05) is 18.6 Å². The predicted molar refractivity (Wildman–Crippen MR) is 137 cm³/mol. The van der Waals surface area contributed by atoms with Crippen molar-refractivity contribution in [2.45, 2.75) is 13.0 Å². The number of benzene rings is 3. The van der Waals surface area contributed by atoms with Crippen LogP contribution >= 0.6 is 34.8 Å². The van der Waals surface area contributed by atoms with E-state index >= 15 is 0 Å². The number of methoxy groups -OCH3 is 1. The second-order valence-corrected chi connectivity index (χ2v) is 8.87. The molecule has 6 nitrogen and oxygen atoms in total. The third kappa shape index (κ3) is 4.69. The number of Topliss-reactive ketones (excluding diaryl/α,β-unsaturated/α-hetero) is 1. The second-order valence-electron chi connectivity index (χ2n) is 7.62. The van der Waals surface area contributed by atoms with E-state index in [1.807, 2.05) is 6.92 Å². The number of ketones is 1. The molecular formula is C26H20Cl3NO5. The highest BCUT2D eigenvalue weighted by Gasteiger charge is 2.47. The molecule has 1 N–H and O–H groups in total. The Morgan fingerprint density at radius 1 is 0.943 bits per heavy atom. The minimum absolute atomic E-state index is 0.101. The number of nitrogens with zero attached hydrogens (tertiary/aromatic N) is 1. The first-order chi connectivity index (χ1) is 16.8. The number of aliphatic hydroxyl groups excluding tert-OH is 1. The van der Waals surface area contributed by atoms with Crippen LogP contribution in [-0.2, 0) is 9.59 Å². The van der Waals surface area contributed by atoms with Crippen molar-refractivity contribution in [3.63, 3.8) is 0 Å². The minimum Gasteiger partial charge on any atom is -0.507 e. The summed E-state index contributed by atoms with van der Waals surface area (Å²) in [5.41, 5.74) is 1.11. The fourth-order valence-corrected chi connectivity index (χ4v) is 4.37. The van der Waals surface area contributed by atoms with Gasteiger partial charge in [0, 0.05) is 16.3 Å². The lowest BCUT2D eigenvalue weighted by Crippen LogP contribution is -2.29. The van der Waals surface area contributed by atoms with Gasteiger partial charge in [-0.1, -0.05) is 40.9 Å². The van der Waals surface area contributed by atoms with Gasteiger partial charge in [0.2, 0.25) is 0 Å². The number of hydrogen-bond acceptors (Lipinski definition) is 5. The van der Waals surface area contributed by atoms with Crippen LogP contribution in [0.5, 0.6) is 11.5 Å². The zero-order valence-electron chi connectivity index (χ0n) is 18.7. The van der Waals surface area contributed by atoms with Crippen molar-refractivity contribution < 1.29 is 24.2 Å². The fourth-order valence-electron chi connectivity index (χ4n) is 3.95. The Bertz CT molecular complexity index is 1340. The molecule has 0 saturated carbocycles. The topological polar surface area (TPSA) is 76.1 Å². The lowest BCUT2D eigenvalue weighted by molar-refractivity contribution is -0.132. The molecule has 9 heteroatoms. The minimum atomic E-state index is -0.962. The molecule has 0 spiro atoms. The van der Waals surface area contributed by atoms with Crippen LogP contribution in [0.4, 0.5) is 5.69 Å². The summed E-state index contributed by atoms with van der Waals surface area (Å²) in [6.07, 6.45) is 0. The van der Waals surface area contributed by atoms with Crippen molar-refractivity contribution >= 4 is 57.9 Å². The standard InChI is InChI=1S/C26H20Cl3NO5/c1-3-35-21-13-14(5-11-20(21)34-2)23-22(24(31)15-4-10-18(28)19(29)12-15)25(32)26(33)30(23)17-8-6-16(27)7-9-17/h4-13,23,31H,3H2,1-2H3/b24-22-. The molecule has 0 aliphatic carbocycles. The van der Waals surface area contributed by atoms with Crippen molar-refractivity contribution in [2.24, 2.45) is 0 Å². The Labute approximate surface area is 217 Å². The number of anilines is 1. The number of halogens is 3. The molecule has 1 aliphatic heterocycles. The predicted octanol–water partition coefficient (Wildman–Crippen LogP) is 6.68. The van der Waals surface area contributed by atoms with Gasteiger partial charge in [-0.3, -0.25) is 14.5 Å². The molecule has 180 valence electrons. The van der Waals surface area contributed by atoms with Gasteiger partial charge in [-0.15, -0.1) is 0 Å². The van der Waals surface area contributed by atoms with Gasteiger partial charge < -0.3 is 14.6 Å². The fraction of sp³-hybridized carbons (Fsp3) is 0.154. The monoisotopic (exact) mass is 531 g/mol. The molecule has 4 rings (SSSR count). The van der Waals surface area contributed by atoms with E-state index in [4.69, 9.17) is 44.3 Å². The van der Waals surface area contributed by atoms with E-state index in [0.29, 0.717) is 34.4 Å². The number of ether oxygens (including phenoxy) is 2. The van der Waals surface area contributed by atoms with Gasteiger partial charge in [0.1, 0.15) is 5.76 Å². The van der Waals surface area contributed by atoms with E-state index in [9.17, 15) is 14.7 Å². The summed E-state index contributed by atoms with van der Waals surface area (Å²) in [6.45, 7) is 2.21. The van der Waals surface area contributed by atoms with Crippen molar-refractivity contribution in [3.8, 4) is 11.5 Å². The van der Waals surface area contributed by atoms with Gasteiger partial charge in [-0.05, 0) is 67.1 Å². The lowest BCUT2D eigenvalue weighted by atomic mass is 9.94. The average molecular weight is 533 g/mol.